The summed E-state index contributed by atoms with van der Waals surface area (Å²) < 4.78 is 3.35. The Morgan fingerprint density at radius 3 is 2.68 bits per heavy atom. The minimum absolute atomic E-state index is 0.0903. The molecule has 0 fully saturated rings. The molecule has 1 aliphatic carbocycles. The molecule has 2 aromatic carbocycles. The van der Waals surface area contributed by atoms with Gasteiger partial charge in [-0.3, -0.25) is 14.0 Å². The van der Waals surface area contributed by atoms with Crippen molar-refractivity contribution in [3.05, 3.63) is 81.0 Å². The van der Waals surface area contributed by atoms with Gasteiger partial charge < -0.3 is 5.32 Å². The Kier molecular flexibility index (Phi) is 6.24. The van der Waals surface area contributed by atoms with Gasteiger partial charge in [-0.15, -0.1) is 21.5 Å². The van der Waals surface area contributed by atoms with Gasteiger partial charge in [-0.1, -0.05) is 48.5 Å². The van der Waals surface area contributed by atoms with Crippen molar-refractivity contribution in [2.75, 3.05) is 11.1 Å². The number of hydrogen-bond acceptors (Lipinski definition) is 7. The van der Waals surface area contributed by atoms with E-state index in [9.17, 15) is 14.9 Å². The molecule has 0 unspecified atom stereocenters. The molecule has 5 aromatic rings. The number of aromatic nitrogens is 4. The van der Waals surface area contributed by atoms with Crippen LogP contribution in [0, 0.1) is 11.3 Å². The summed E-state index contributed by atoms with van der Waals surface area (Å²) in [6.45, 7) is 0. The highest BCUT2D eigenvalue weighted by Gasteiger charge is 2.22. The fraction of sp³-hybridized carbons (Fsp3) is 0.222. The van der Waals surface area contributed by atoms with Crippen LogP contribution in [0.1, 0.15) is 35.3 Å². The summed E-state index contributed by atoms with van der Waals surface area (Å²) in [4.78, 5) is 27.5. The smallest absolute Gasteiger partial charge is 0.267 e. The predicted octanol–water partition coefficient (Wildman–Crippen LogP) is 4.97. The Labute approximate surface area is 220 Å². The van der Waals surface area contributed by atoms with Gasteiger partial charge in [0.05, 0.1) is 27.9 Å². The number of anilines is 1. The van der Waals surface area contributed by atoms with Crippen LogP contribution < -0.4 is 10.9 Å². The van der Waals surface area contributed by atoms with Gasteiger partial charge in [0.2, 0.25) is 11.7 Å². The van der Waals surface area contributed by atoms with Gasteiger partial charge in [-0.05, 0) is 55.5 Å². The van der Waals surface area contributed by atoms with Gasteiger partial charge in [0.1, 0.15) is 11.1 Å². The highest BCUT2D eigenvalue weighted by Crippen LogP contribution is 2.37. The number of aryl methyl sites for hydroxylation is 1. The van der Waals surface area contributed by atoms with Crippen molar-refractivity contribution in [3.8, 4) is 11.8 Å². The van der Waals surface area contributed by atoms with Crippen molar-refractivity contribution >= 4 is 50.7 Å². The number of nitriles is 1. The standard InChI is InChI=1S/C27H22N6O2S2/c28-15-20-18-11-5-2-6-14-22(18)37-24(20)29-23(34)16-36-27-31-30-26-32(17-9-3-1-4-10-17)25(35)19-12-7-8-13-21(19)33(26)27/h1,3-4,7-10,12-13H,2,5-6,11,14,16H2,(H,29,34). The van der Waals surface area contributed by atoms with E-state index in [-0.39, 0.29) is 17.2 Å². The number of para-hydroxylation sites is 2. The third-order valence-electron chi connectivity index (χ3n) is 6.53. The average Bonchev–Trinajstić information content (AvgIpc) is 3.40. The summed E-state index contributed by atoms with van der Waals surface area (Å²) in [5.41, 5.74) is 2.88. The topological polar surface area (TPSA) is 105 Å². The number of thiophene rings is 1. The molecule has 3 aromatic heterocycles. The number of hydrogen-bond donors (Lipinski definition) is 1. The van der Waals surface area contributed by atoms with Gasteiger partial charge >= 0.3 is 0 Å². The maximum absolute atomic E-state index is 13.4. The van der Waals surface area contributed by atoms with E-state index in [1.165, 1.54) is 39.0 Å². The first-order valence-electron chi connectivity index (χ1n) is 12.1. The molecular weight excluding hydrogens is 504 g/mol. The van der Waals surface area contributed by atoms with Crippen molar-refractivity contribution in [1.29, 1.82) is 5.26 Å². The molecule has 0 atom stereocenters. The van der Waals surface area contributed by atoms with Gasteiger partial charge in [0, 0.05) is 4.88 Å². The fourth-order valence-electron chi connectivity index (χ4n) is 4.82. The van der Waals surface area contributed by atoms with E-state index in [1.807, 2.05) is 52.9 Å². The van der Waals surface area contributed by atoms with Crippen molar-refractivity contribution in [2.45, 2.75) is 37.3 Å². The molecule has 37 heavy (non-hydrogen) atoms. The highest BCUT2D eigenvalue weighted by molar-refractivity contribution is 7.99. The Morgan fingerprint density at radius 1 is 1.05 bits per heavy atom. The lowest BCUT2D eigenvalue weighted by Gasteiger charge is -2.11. The van der Waals surface area contributed by atoms with Crippen LogP contribution in [0.2, 0.25) is 0 Å². The summed E-state index contributed by atoms with van der Waals surface area (Å²) in [5, 5.41) is 23.1. The lowest BCUT2D eigenvalue weighted by atomic mass is 10.1. The molecular formula is C27H22N6O2S2. The van der Waals surface area contributed by atoms with Crippen LogP contribution in [0.25, 0.3) is 22.4 Å². The van der Waals surface area contributed by atoms with Crippen molar-refractivity contribution in [2.24, 2.45) is 0 Å². The van der Waals surface area contributed by atoms with Gasteiger partial charge in [-0.2, -0.15) is 5.26 Å². The molecule has 8 nitrogen and oxygen atoms in total. The molecule has 0 bridgehead atoms. The molecule has 0 aliphatic heterocycles. The third kappa shape index (κ3) is 4.20. The number of benzene rings is 2. The molecule has 1 amide bonds. The van der Waals surface area contributed by atoms with Crippen LogP contribution in [0.15, 0.2) is 64.5 Å². The molecule has 10 heteroatoms. The second-order valence-corrected chi connectivity index (χ2v) is 10.9. The largest absolute Gasteiger partial charge is 0.316 e. The zero-order valence-corrected chi connectivity index (χ0v) is 21.4. The van der Waals surface area contributed by atoms with Gasteiger partial charge in [0.25, 0.3) is 5.56 Å². The lowest BCUT2D eigenvalue weighted by molar-refractivity contribution is -0.113. The predicted molar refractivity (Wildman–Crippen MR) is 146 cm³/mol. The molecule has 0 saturated carbocycles. The monoisotopic (exact) mass is 526 g/mol. The first-order chi connectivity index (χ1) is 18.2. The molecule has 6 rings (SSSR count). The zero-order chi connectivity index (χ0) is 25.4. The van der Waals surface area contributed by atoms with E-state index in [2.05, 4.69) is 21.6 Å². The first-order valence-corrected chi connectivity index (χ1v) is 13.9. The number of thioether (sulfide) groups is 1. The number of carbonyl (C=O) groups is 1. The van der Waals surface area contributed by atoms with E-state index in [1.54, 1.807) is 6.07 Å². The number of nitrogens with one attached hydrogen (secondary N) is 1. The third-order valence-corrected chi connectivity index (χ3v) is 8.66. The molecule has 1 aliphatic rings. The number of amides is 1. The van der Waals surface area contributed by atoms with Crippen molar-refractivity contribution < 1.29 is 4.79 Å². The van der Waals surface area contributed by atoms with Gasteiger partial charge in [0.15, 0.2) is 5.16 Å². The van der Waals surface area contributed by atoms with E-state index >= 15 is 0 Å². The number of fused-ring (bicyclic) bond motifs is 4. The quantitative estimate of drug-likeness (QED) is 0.256. The number of carbonyl (C=O) groups excluding carboxylic acids is 1. The summed E-state index contributed by atoms with van der Waals surface area (Å²) in [6, 6.07) is 18.9. The van der Waals surface area contributed by atoms with Crippen LogP contribution in [-0.2, 0) is 17.6 Å². The van der Waals surface area contributed by atoms with Crippen LogP contribution in [-0.4, -0.2) is 30.8 Å². The second-order valence-electron chi connectivity index (χ2n) is 8.83. The van der Waals surface area contributed by atoms with Crippen molar-refractivity contribution in [3.63, 3.8) is 0 Å². The first kappa shape index (κ1) is 23.5. The van der Waals surface area contributed by atoms with Crippen LogP contribution in [0.3, 0.4) is 0 Å². The Balaban J connectivity index is 1.32. The highest BCUT2D eigenvalue weighted by atomic mass is 32.2. The maximum atomic E-state index is 13.4. The normalized spacial score (nSPS) is 13.3. The van der Waals surface area contributed by atoms with E-state index in [0.717, 1.165) is 31.2 Å². The number of rotatable bonds is 5. The maximum Gasteiger partial charge on any atom is 0.267 e. The van der Waals surface area contributed by atoms with E-state index in [0.29, 0.717) is 38.1 Å². The molecule has 0 radical (unpaired) electrons. The van der Waals surface area contributed by atoms with Crippen molar-refractivity contribution in [1.82, 2.24) is 19.2 Å². The summed E-state index contributed by atoms with van der Waals surface area (Å²) in [7, 11) is 0. The second kappa shape index (κ2) is 9.84. The van der Waals surface area contributed by atoms with Gasteiger partial charge in [-0.25, -0.2) is 4.57 Å². The van der Waals surface area contributed by atoms with Crippen LogP contribution in [0.5, 0.6) is 0 Å². The minimum atomic E-state index is -0.213. The summed E-state index contributed by atoms with van der Waals surface area (Å²) in [5.74, 6) is 0.259. The Morgan fingerprint density at radius 2 is 1.84 bits per heavy atom. The molecule has 1 N–H and O–H groups in total. The minimum Gasteiger partial charge on any atom is -0.316 e. The summed E-state index contributed by atoms with van der Waals surface area (Å²) in [6.07, 6.45) is 5.21. The SMILES string of the molecule is N#Cc1c(NC(=O)CSc2nnc3n(-c4ccccc4)c(=O)c4ccccc4n23)sc2c1CCCCC2. The average molecular weight is 527 g/mol. The Hall–Kier alpha value is -3.94. The molecule has 0 saturated heterocycles. The molecule has 0 spiro atoms. The lowest BCUT2D eigenvalue weighted by Crippen LogP contribution is -2.21. The van der Waals surface area contributed by atoms with Crippen LogP contribution >= 0.6 is 23.1 Å². The molecule has 184 valence electrons. The fourth-order valence-corrected chi connectivity index (χ4v) is 6.82. The summed E-state index contributed by atoms with van der Waals surface area (Å²) >= 11 is 2.77. The molecule has 3 heterocycles. The van der Waals surface area contributed by atoms with Crippen LogP contribution in [0.4, 0.5) is 5.00 Å². The zero-order valence-electron chi connectivity index (χ0n) is 19.8. The van der Waals surface area contributed by atoms with E-state index < -0.39 is 0 Å². The Bertz CT molecular complexity index is 1750. The van der Waals surface area contributed by atoms with E-state index in [4.69, 9.17) is 0 Å². The number of nitrogens with zero attached hydrogens (tertiary/aromatic N) is 5.